The maximum atomic E-state index is 5.71. The molecule has 19 heavy (non-hydrogen) atoms. The first-order chi connectivity index (χ1) is 9.22. The predicted octanol–water partition coefficient (Wildman–Crippen LogP) is 2.35. The summed E-state index contributed by atoms with van der Waals surface area (Å²) in [6, 6.07) is 0.758. The summed E-state index contributed by atoms with van der Waals surface area (Å²) >= 11 is 0. The standard InChI is InChI=1S/C15H25N3O/c1-12-13(2)19-15(16-12)11-17-7-5-6-14(10-17)18-8-3-4-9-18/h14H,3-11H2,1-2H3. The van der Waals surface area contributed by atoms with E-state index in [-0.39, 0.29) is 0 Å². The lowest BCUT2D eigenvalue weighted by Gasteiger charge is -2.37. The summed E-state index contributed by atoms with van der Waals surface area (Å²) in [5.74, 6) is 1.85. The Morgan fingerprint density at radius 3 is 2.63 bits per heavy atom. The van der Waals surface area contributed by atoms with Crippen molar-refractivity contribution in [2.75, 3.05) is 26.2 Å². The molecule has 4 nitrogen and oxygen atoms in total. The van der Waals surface area contributed by atoms with E-state index >= 15 is 0 Å². The fourth-order valence-electron chi connectivity index (χ4n) is 3.38. The van der Waals surface area contributed by atoms with Crippen molar-refractivity contribution in [2.45, 2.75) is 52.1 Å². The van der Waals surface area contributed by atoms with Gasteiger partial charge in [0.05, 0.1) is 12.2 Å². The van der Waals surface area contributed by atoms with Crippen LogP contribution in [0.1, 0.15) is 43.0 Å². The van der Waals surface area contributed by atoms with Crippen molar-refractivity contribution in [1.29, 1.82) is 0 Å². The summed E-state index contributed by atoms with van der Waals surface area (Å²) < 4.78 is 5.71. The molecule has 0 bridgehead atoms. The van der Waals surface area contributed by atoms with Crippen LogP contribution in [0.3, 0.4) is 0 Å². The van der Waals surface area contributed by atoms with Gasteiger partial charge >= 0.3 is 0 Å². The van der Waals surface area contributed by atoms with E-state index in [9.17, 15) is 0 Å². The van der Waals surface area contributed by atoms with E-state index < -0.39 is 0 Å². The molecular formula is C15H25N3O. The average molecular weight is 263 g/mol. The highest BCUT2D eigenvalue weighted by atomic mass is 16.4. The zero-order chi connectivity index (χ0) is 13.2. The molecule has 0 aromatic carbocycles. The molecule has 0 aliphatic carbocycles. The summed E-state index contributed by atoms with van der Waals surface area (Å²) in [7, 11) is 0. The third kappa shape index (κ3) is 3.00. The van der Waals surface area contributed by atoms with E-state index in [1.54, 1.807) is 0 Å². The first-order valence-electron chi connectivity index (χ1n) is 7.61. The first kappa shape index (κ1) is 13.1. The van der Waals surface area contributed by atoms with Crippen LogP contribution in [0, 0.1) is 13.8 Å². The Labute approximate surface area is 115 Å². The SMILES string of the molecule is Cc1nc(CN2CCCC(N3CCCC3)C2)oc1C. The van der Waals surface area contributed by atoms with Crippen LogP contribution in [0.2, 0.25) is 0 Å². The van der Waals surface area contributed by atoms with Crippen LogP contribution in [0.4, 0.5) is 0 Å². The number of piperidine rings is 1. The van der Waals surface area contributed by atoms with Crippen LogP contribution < -0.4 is 0 Å². The zero-order valence-electron chi connectivity index (χ0n) is 12.2. The van der Waals surface area contributed by atoms with Gasteiger partial charge in [-0.25, -0.2) is 4.98 Å². The Bertz CT molecular complexity index is 404. The van der Waals surface area contributed by atoms with E-state index in [1.165, 1.54) is 51.9 Å². The van der Waals surface area contributed by atoms with Crippen LogP contribution in [-0.4, -0.2) is 47.0 Å². The highest BCUT2D eigenvalue weighted by molar-refractivity contribution is 5.05. The molecule has 1 unspecified atom stereocenters. The highest BCUT2D eigenvalue weighted by Crippen LogP contribution is 2.22. The number of nitrogens with zero attached hydrogens (tertiary/aromatic N) is 3. The molecule has 3 rings (SSSR count). The molecular weight excluding hydrogens is 238 g/mol. The van der Waals surface area contributed by atoms with Crippen LogP contribution in [0.15, 0.2) is 4.42 Å². The van der Waals surface area contributed by atoms with Crippen molar-refractivity contribution in [3.63, 3.8) is 0 Å². The summed E-state index contributed by atoms with van der Waals surface area (Å²) in [5.41, 5.74) is 1.03. The van der Waals surface area contributed by atoms with E-state index in [4.69, 9.17) is 4.42 Å². The van der Waals surface area contributed by atoms with Gasteiger partial charge in [0.2, 0.25) is 5.89 Å². The van der Waals surface area contributed by atoms with Crippen LogP contribution in [0.5, 0.6) is 0 Å². The maximum Gasteiger partial charge on any atom is 0.208 e. The van der Waals surface area contributed by atoms with Crippen molar-refractivity contribution in [3.8, 4) is 0 Å². The molecule has 2 aliphatic rings. The second kappa shape index (κ2) is 5.63. The van der Waals surface area contributed by atoms with Gasteiger partial charge in [0, 0.05) is 12.6 Å². The number of aryl methyl sites for hydroxylation is 2. The molecule has 1 atom stereocenters. The molecule has 0 N–H and O–H groups in total. The van der Waals surface area contributed by atoms with Gasteiger partial charge < -0.3 is 4.42 Å². The average Bonchev–Trinajstić information content (AvgIpc) is 3.01. The Kier molecular flexibility index (Phi) is 3.89. The second-order valence-electron chi connectivity index (χ2n) is 6.02. The van der Waals surface area contributed by atoms with Crippen molar-refractivity contribution in [1.82, 2.24) is 14.8 Å². The normalized spacial score (nSPS) is 26.1. The summed E-state index contributed by atoms with van der Waals surface area (Å²) in [4.78, 5) is 9.69. The molecule has 106 valence electrons. The molecule has 1 aromatic rings. The predicted molar refractivity (Wildman–Crippen MR) is 75.1 cm³/mol. The monoisotopic (exact) mass is 263 g/mol. The zero-order valence-corrected chi connectivity index (χ0v) is 12.2. The Morgan fingerprint density at radius 2 is 1.95 bits per heavy atom. The lowest BCUT2D eigenvalue weighted by atomic mass is 10.0. The van der Waals surface area contributed by atoms with Gasteiger partial charge in [0.15, 0.2) is 0 Å². The molecule has 2 fully saturated rings. The summed E-state index contributed by atoms with van der Waals surface area (Å²) in [5, 5.41) is 0. The van der Waals surface area contributed by atoms with Gasteiger partial charge in [-0.15, -0.1) is 0 Å². The lowest BCUT2D eigenvalue weighted by Crippen LogP contribution is -2.46. The van der Waals surface area contributed by atoms with E-state index in [2.05, 4.69) is 14.8 Å². The molecule has 0 spiro atoms. The fourth-order valence-corrected chi connectivity index (χ4v) is 3.38. The Hall–Kier alpha value is -0.870. The van der Waals surface area contributed by atoms with Crippen molar-refractivity contribution in [2.24, 2.45) is 0 Å². The molecule has 2 aliphatic heterocycles. The van der Waals surface area contributed by atoms with Crippen LogP contribution in [0.25, 0.3) is 0 Å². The third-order valence-corrected chi connectivity index (χ3v) is 4.57. The molecule has 0 radical (unpaired) electrons. The molecule has 2 saturated heterocycles. The second-order valence-corrected chi connectivity index (χ2v) is 6.02. The van der Waals surface area contributed by atoms with Gasteiger partial charge in [-0.1, -0.05) is 0 Å². The lowest BCUT2D eigenvalue weighted by molar-refractivity contribution is 0.104. The molecule has 3 heterocycles. The molecule has 1 aromatic heterocycles. The van der Waals surface area contributed by atoms with Crippen molar-refractivity contribution < 1.29 is 4.42 Å². The number of oxazole rings is 1. The first-order valence-corrected chi connectivity index (χ1v) is 7.61. The number of hydrogen-bond acceptors (Lipinski definition) is 4. The smallest absolute Gasteiger partial charge is 0.208 e. The Morgan fingerprint density at radius 1 is 1.16 bits per heavy atom. The van der Waals surface area contributed by atoms with Gasteiger partial charge in [-0.3, -0.25) is 9.80 Å². The molecule has 4 heteroatoms. The summed E-state index contributed by atoms with van der Waals surface area (Å²) in [6.07, 6.45) is 5.43. The van der Waals surface area contributed by atoms with Gasteiger partial charge in [-0.05, 0) is 59.2 Å². The van der Waals surface area contributed by atoms with Gasteiger partial charge in [0.25, 0.3) is 0 Å². The largest absolute Gasteiger partial charge is 0.444 e. The Balaban J connectivity index is 1.58. The highest BCUT2D eigenvalue weighted by Gasteiger charge is 2.27. The summed E-state index contributed by atoms with van der Waals surface area (Å²) in [6.45, 7) is 9.86. The topological polar surface area (TPSA) is 32.5 Å². The van der Waals surface area contributed by atoms with Crippen molar-refractivity contribution >= 4 is 0 Å². The third-order valence-electron chi connectivity index (χ3n) is 4.57. The van der Waals surface area contributed by atoms with E-state index in [0.717, 1.165) is 29.9 Å². The maximum absolute atomic E-state index is 5.71. The van der Waals surface area contributed by atoms with Crippen LogP contribution in [-0.2, 0) is 6.54 Å². The molecule has 0 amide bonds. The quantitative estimate of drug-likeness (QED) is 0.838. The minimum absolute atomic E-state index is 0.758. The number of hydrogen-bond donors (Lipinski definition) is 0. The molecule has 0 saturated carbocycles. The fraction of sp³-hybridized carbons (Fsp3) is 0.800. The van der Waals surface area contributed by atoms with E-state index in [1.807, 2.05) is 13.8 Å². The van der Waals surface area contributed by atoms with Crippen LogP contribution >= 0.6 is 0 Å². The van der Waals surface area contributed by atoms with Crippen molar-refractivity contribution in [3.05, 3.63) is 17.3 Å². The number of likely N-dealkylation sites (tertiary alicyclic amines) is 2. The minimum Gasteiger partial charge on any atom is -0.444 e. The van der Waals surface area contributed by atoms with Gasteiger partial charge in [-0.2, -0.15) is 0 Å². The minimum atomic E-state index is 0.758. The van der Waals surface area contributed by atoms with Gasteiger partial charge in [0.1, 0.15) is 5.76 Å². The number of aromatic nitrogens is 1. The van der Waals surface area contributed by atoms with E-state index in [0.29, 0.717) is 0 Å². The number of rotatable bonds is 3.